The van der Waals surface area contributed by atoms with E-state index in [2.05, 4.69) is 17.3 Å². The summed E-state index contributed by atoms with van der Waals surface area (Å²) in [6.45, 7) is 4.43. The lowest BCUT2D eigenvalue weighted by Gasteiger charge is -2.10. The number of aromatic nitrogens is 2. The Morgan fingerprint density at radius 3 is 2.81 bits per heavy atom. The van der Waals surface area contributed by atoms with Crippen molar-refractivity contribution in [2.45, 2.75) is 39.0 Å². The van der Waals surface area contributed by atoms with Gasteiger partial charge < -0.3 is 5.32 Å². The monoisotopic (exact) mass is 221 g/mol. The highest BCUT2D eigenvalue weighted by Gasteiger charge is 2.13. The van der Waals surface area contributed by atoms with Crippen molar-refractivity contribution >= 4 is 0 Å². The van der Waals surface area contributed by atoms with Crippen molar-refractivity contribution in [2.75, 3.05) is 13.1 Å². The van der Waals surface area contributed by atoms with Crippen LogP contribution in [0.5, 0.6) is 0 Å². The zero-order chi connectivity index (χ0) is 11.4. The summed E-state index contributed by atoms with van der Waals surface area (Å²) < 4.78 is 1.95. The highest BCUT2D eigenvalue weighted by atomic mass is 15.3. The lowest BCUT2D eigenvalue weighted by Crippen LogP contribution is -2.23. The van der Waals surface area contributed by atoms with Crippen LogP contribution in [-0.4, -0.2) is 22.9 Å². The van der Waals surface area contributed by atoms with E-state index in [-0.39, 0.29) is 0 Å². The van der Waals surface area contributed by atoms with Gasteiger partial charge in [-0.2, -0.15) is 5.10 Å². The maximum atomic E-state index is 4.26. The molecule has 0 aliphatic heterocycles. The second kappa shape index (κ2) is 5.48. The maximum Gasteiger partial charge on any atom is 0.0524 e. The summed E-state index contributed by atoms with van der Waals surface area (Å²) in [4.78, 5) is 0. The van der Waals surface area contributed by atoms with E-state index in [0.29, 0.717) is 0 Å². The number of rotatable bonds is 5. The Balaban J connectivity index is 1.66. The lowest BCUT2D eigenvalue weighted by molar-refractivity contribution is 0.491. The second-order valence-corrected chi connectivity index (χ2v) is 4.98. The molecule has 1 N–H and O–H groups in total. The van der Waals surface area contributed by atoms with Gasteiger partial charge in [-0.15, -0.1) is 0 Å². The lowest BCUT2D eigenvalue weighted by atomic mass is 10.1. The smallest absolute Gasteiger partial charge is 0.0524 e. The first-order valence-electron chi connectivity index (χ1n) is 6.45. The minimum absolute atomic E-state index is 0.940. The zero-order valence-corrected chi connectivity index (χ0v) is 10.5. The normalized spacial score (nSPS) is 17.1. The molecular formula is C13H23N3. The van der Waals surface area contributed by atoms with E-state index >= 15 is 0 Å². The van der Waals surface area contributed by atoms with Gasteiger partial charge in [0.2, 0.25) is 0 Å². The summed E-state index contributed by atoms with van der Waals surface area (Å²) in [7, 11) is 2.00. The summed E-state index contributed by atoms with van der Waals surface area (Å²) in [5.74, 6) is 0.940. The molecule has 0 aromatic carbocycles. The summed E-state index contributed by atoms with van der Waals surface area (Å²) >= 11 is 0. The number of nitrogens with zero attached hydrogens (tertiary/aromatic N) is 2. The molecule has 1 aliphatic carbocycles. The molecule has 0 atom stereocenters. The molecule has 2 rings (SSSR count). The highest BCUT2D eigenvalue weighted by Crippen LogP contribution is 2.23. The number of hydrogen-bond donors (Lipinski definition) is 1. The third-order valence-corrected chi connectivity index (χ3v) is 3.82. The molecule has 0 spiro atoms. The standard InChI is InChI=1S/C13H23N3/c1-11-13(10-15-16(11)2)7-8-14-9-12-5-3-4-6-12/h10,12,14H,3-9H2,1-2H3. The van der Waals surface area contributed by atoms with E-state index in [1.165, 1.54) is 43.5 Å². The SMILES string of the molecule is Cc1c(CCNCC2CCCC2)cnn1C. The predicted molar refractivity (Wildman–Crippen MR) is 66.5 cm³/mol. The molecule has 0 unspecified atom stereocenters. The summed E-state index contributed by atoms with van der Waals surface area (Å²) in [6.07, 6.45) is 8.83. The molecule has 1 aromatic rings. The zero-order valence-electron chi connectivity index (χ0n) is 10.5. The molecule has 0 radical (unpaired) electrons. The molecule has 1 fully saturated rings. The second-order valence-electron chi connectivity index (χ2n) is 4.98. The average molecular weight is 221 g/mol. The minimum Gasteiger partial charge on any atom is -0.316 e. The number of aryl methyl sites for hydroxylation is 1. The number of hydrogen-bond acceptors (Lipinski definition) is 2. The van der Waals surface area contributed by atoms with Crippen LogP contribution in [0.3, 0.4) is 0 Å². The van der Waals surface area contributed by atoms with Crippen LogP contribution in [-0.2, 0) is 13.5 Å². The van der Waals surface area contributed by atoms with Crippen molar-refractivity contribution in [1.82, 2.24) is 15.1 Å². The van der Waals surface area contributed by atoms with Crippen LogP contribution in [0, 0.1) is 12.8 Å². The van der Waals surface area contributed by atoms with E-state index in [4.69, 9.17) is 0 Å². The molecule has 1 aromatic heterocycles. The van der Waals surface area contributed by atoms with Crippen LogP contribution in [0.4, 0.5) is 0 Å². The quantitative estimate of drug-likeness (QED) is 0.771. The van der Waals surface area contributed by atoms with Gasteiger partial charge in [-0.25, -0.2) is 0 Å². The first kappa shape index (κ1) is 11.6. The van der Waals surface area contributed by atoms with E-state index in [0.717, 1.165) is 18.9 Å². The Morgan fingerprint density at radius 1 is 1.44 bits per heavy atom. The van der Waals surface area contributed by atoms with Gasteiger partial charge in [-0.3, -0.25) is 4.68 Å². The molecule has 90 valence electrons. The maximum absolute atomic E-state index is 4.26. The van der Waals surface area contributed by atoms with E-state index in [1.807, 2.05) is 17.9 Å². The average Bonchev–Trinajstić information content (AvgIpc) is 2.88. The van der Waals surface area contributed by atoms with E-state index in [1.54, 1.807) is 0 Å². The minimum atomic E-state index is 0.940. The largest absolute Gasteiger partial charge is 0.316 e. The Bertz CT molecular complexity index is 324. The van der Waals surface area contributed by atoms with Crippen LogP contribution in [0.25, 0.3) is 0 Å². The third kappa shape index (κ3) is 2.85. The molecule has 0 amide bonds. The predicted octanol–water partition coefficient (Wildman–Crippen LogP) is 2.05. The molecule has 3 nitrogen and oxygen atoms in total. The molecule has 1 saturated carbocycles. The summed E-state index contributed by atoms with van der Waals surface area (Å²) in [6, 6.07) is 0. The van der Waals surface area contributed by atoms with E-state index < -0.39 is 0 Å². The summed E-state index contributed by atoms with van der Waals surface area (Å²) in [5, 5.41) is 7.84. The van der Waals surface area contributed by atoms with Crippen molar-refractivity contribution in [3.63, 3.8) is 0 Å². The fourth-order valence-corrected chi connectivity index (χ4v) is 2.53. The van der Waals surface area contributed by atoms with Gasteiger partial charge in [-0.1, -0.05) is 12.8 Å². The Labute approximate surface area is 98.2 Å². The molecule has 3 heteroatoms. The molecule has 1 aliphatic rings. The molecule has 16 heavy (non-hydrogen) atoms. The van der Waals surface area contributed by atoms with Crippen molar-refractivity contribution in [1.29, 1.82) is 0 Å². The van der Waals surface area contributed by atoms with Crippen molar-refractivity contribution in [3.05, 3.63) is 17.5 Å². The Kier molecular flexibility index (Phi) is 3.99. The Hall–Kier alpha value is -0.830. The van der Waals surface area contributed by atoms with Crippen LogP contribution >= 0.6 is 0 Å². The van der Waals surface area contributed by atoms with Crippen molar-refractivity contribution < 1.29 is 0 Å². The van der Waals surface area contributed by atoms with Gasteiger partial charge in [0.25, 0.3) is 0 Å². The van der Waals surface area contributed by atoms with Crippen molar-refractivity contribution in [3.8, 4) is 0 Å². The fourth-order valence-electron chi connectivity index (χ4n) is 2.53. The van der Waals surface area contributed by atoms with Gasteiger partial charge in [0.05, 0.1) is 6.20 Å². The number of nitrogens with one attached hydrogen (secondary N) is 1. The highest BCUT2D eigenvalue weighted by molar-refractivity contribution is 5.15. The fraction of sp³-hybridized carbons (Fsp3) is 0.769. The molecule has 0 bridgehead atoms. The first-order valence-corrected chi connectivity index (χ1v) is 6.45. The molecule has 1 heterocycles. The topological polar surface area (TPSA) is 29.9 Å². The summed E-state index contributed by atoms with van der Waals surface area (Å²) in [5.41, 5.74) is 2.67. The first-order chi connectivity index (χ1) is 7.77. The van der Waals surface area contributed by atoms with Gasteiger partial charge in [0.1, 0.15) is 0 Å². The molecular weight excluding hydrogens is 198 g/mol. The van der Waals surface area contributed by atoms with Gasteiger partial charge >= 0.3 is 0 Å². The van der Waals surface area contributed by atoms with Crippen LogP contribution in [0.15, 0.2) is 6.20 Å². The van der Waals surface area contributed by atoms with Crippen LogP contribution in [0.1, 0.15) is 36.9 Å². The van der Waals surface area contributed by atoms with Gasteiger partial charge in [0.15, 0.2) is 0 Å². The third-order valence-electron chi connectivity index (χ3n) is 3.82. The van der Waals surface area contributed by atoms with E-state index in [9.17, 15) is 0 Å². The van der Waals surface area contributed by atoms with Gasteiger partial charge in [-0.05, 0) is 50.8 Å². The molecule has 0 saturated heterocycles. The van der Waals surface area contributed by atoms with Crippen LogP contribution in [0.2, 0.25) is 0 Å². The van der Waals surface area contributed by atoms with Crippen molar-refractivity contribution in [2.24, 2.45) is 13.0 Å². The Morgan fingerprint density at radius 2 is 2.19 bits per heavy atom. The van der Waals surface area contributed by atoms with Gasteiger partial charge in [0, 0.05) is 12.7 Å². The van der Waals surface area contributed by atoms with Crippen LogP contribution < -0.4 is 5.32 Å².